The average molecular weight is 304 g/mol. The van der Waals surface area contributed by atoms with Crippen LogP contribution < -0.4 is 4.74 Å². The fraction of sp³-hybridized carbons (Fsp3) is 0.500. The van der Waals surface area contributed by atoms with Crippen molar-refractivity contribution < 1.29 is 22.3 Å². The van der Waals surface area contributed by atoms with E-state index in [2.05, 4.69) is 6.58 Å². The summed E-state index contributed by atoms with van der Waals surface area (Å²) in [5.41, 5.74) is -1.05. The maximum absolute atomic E-state index is 13.2. The summed E-state index contributed by atoms with van der Waals surface area (Å²) >= 11 is 0. The van der Waals surface area contributed by atoms with Crippen LogP contribution in [-0.4, -0.2) is 6.61 Å². The number of rotatable bonds is 9. The minimum atomic E-state index is -2.99. The van der Waals surface area contributed by atoms with E-state index >= 15 is 0 Å². The number of allylic oxidation sites excluding steroid dienone is 1. The Morgan fingerprint density at radius 2 is 1.81 bits per heavy atom. The molecule has 0 saturated carbocycles. The minimum Gasteiger partial charge on any atom is -0.493 e. The molecule has 1 nitrogen and oxygen atoms in total. The van der Waals surface area contributed by atoms with E-state index in [1.165, 1.54) is 12.1 Å². The lowest BCUT2D eigenvalue weighted by molar-refractivity contribution is 0.119. The third-order valence-electron chi connectivity index (χ3n) is 3.15. The van der Waals surface area contributed by atoms with Gasteiger partial charge in [0.1, 0.15) is 5.75 Å². The van der Waals surface area contributed by atoms with Gasteiger partial charge in [-0.2, -0.15) is 0 Å². The van der Waals surface area contributed by atoms with Gasteiger partial charge in [0.15, 0.2) is 0 Å². The Labute approximate surface area is 122 Å². The molecule has 0 aromatic heterocycles. The molecular weight excluding hydrogens is 284 g/mol. The molecule has 0 spiro atoms. The Balaban J connectivity index is 3.21. The molecule has 0 N–H and O–H groups in total. The maximum atomic E-state index is 13.2. The van der Waals surface area contributed by atoms with Crippen molar-refractivity contribution in [3.63, 3.8) is 0 Å². The zero-order chi connectivity index (χ0) is 15.8. The molecule has 118 valence electrons. The highest BCUT2D eigenvalue weighted by molar-refractivity contribution is 5.47. The Morgan fingerprint density at radius 1 is 1.14 bits per heavy atom. The van der Waals surface area contributed by atoms with Gasteiger partial charge in [0.2, 0.25) is 0 Å². The Kier molecular flexibility index (Phi) is 7.26. The summed E-state index contributed by atoms with van der Waals surface area (Å²) < 4.78 is 58.2. The van der Waals surface area contributed by atoms with Crippen LogP contribution >= 0.6 is 0 Å². The van der Waals surface area contributed by atoms with Crippen molar-refractivity contribution >= 4 is 0 Å². The van der Waals surface area contributed by atoms with Gasteiger partial charge in [-0.3, -0.25) is 0 Å². The number of benzene rings is 1. The molecule has 5 heteroatoms. The Bertz CT molecular complexity index is 458. The fourth-order valence-corrected chi connectivity index (χ4v) is 2.07. The summed E-state index contributed by atoms with van der Waals surface area (Å²) in [5.74, 6) is -0.142. The first-order valence-corrected chi connectivity index (χ1v) is 6.98. The molecule has 0 saturated heterocycles. The summed E-state index contributed by atoms with van der Waals surface area (Å²) in [6, 6.07) is 2.81. The van der Waals surface area contributed by atoms with Crippen molar-refractivity contribution in [1.82, 2.24) is 0 Å². The molecule has 0 unspecified atom stereocenters. The number of alkyl halides is 4. The monoisotopic (exact) mass is 304 g/mol. The molecule has 0 aliphatic carbocycles. The Hall–Kier alpha value is -1.52. The Morgan fingerprint density at radius 3 is 2.33 bits per heavy atom. The molecule has 0 bridgehead atoms. The van der Waals surface area contributed by atoms with E-state index < -0.39 is 24.0 Å². The van der Waals surface area contributed by atoms with Crippen LogP contribution in [0.3, 0.4) is 0 Å². The molecule has 0 fully saturated rings. The van der Waals surface area contributed by atoms with E-state index in [1.807, 2.05) is 6.92 Å². The van der Waals surface area contributed by atoms with Crippen molar-refractivity contribution in [2.45, 2.75) is 45.5 Å². The van der Waals surface area contributed by atoms with E-state index in [9.17, 15) is 17.6 Å². The summed E-state index contributed by atoms with van der Waals surface area (Å²) in [7, 11) is 0. The molecular formula is C16H20F4O. The predicted octanol–water partition coefficient (Wildman–Crippen LogP) is 5.86. The van der Waals surface area contributed by atoms with Crippen molar-refractivity contribution in [3.8, 4) is 5.75 Å². The van der Waals surface area contributed by atoms with Gasteiger partial charge in [0, 0.05) is 5.56 Å². The number of halogens is 4. The van der Waals surface area contributed by atoms with Gasteiger partial charge in [-0.15, -0.1) is 6.58 Å². The fourth-order valence-electron chi connectivity index (χ4n) is 2.07. The number of aryl methyl sites for hydroxylation is 1. The molecule has 21 heavy (non-hydrogen) atoms. The van der Waals surface area contributed by atoms with Crippen LogP contribution in [0.1, 0.15) is 55.7 Å². The van der Waals surface area contributed by atoms with Crippen molar-refractivity contribution in [2.75, 3.05) is 6.61 Å². The van der Waals surface area contributed by atoms with Gasteiger partial charge < -0.3 is 4.74 Å². The van der Waals surface area contributed by atoms with Crippen LogP contribution in [0.4, 0.5) is 17.6 Å². The molecule has 1 rings (SSSR count). The summed E-state index contributed by atoms with van der Waals surface area (Å²) in [6.07, 6.45) is -2.13. The highest BCUT2D eigenvalue weighted by Crippen LogP contribution is 2.39. The zero-order valence-electron chi connectivity index (χ0n) is 12.0. The lowest BCUT2D eigenvalue weighted by atomic mass is 9.97. The highest BCUT2D eigenvalue weighted by atomic mass is 19.3. The topological polar surface area (TPSA) is 9.23 Å². The van der Waals surface area contributed by atoms with E-state index in [-0.39, 0.29) is 24.3 Å². The zero-order valence-corrected chi connectivity index (χ0v) is 12.0. The molecule has 0 radical (unpaired) electrons. The van der Waals surface area contributed by atoms with Crippen LogP contribution in [0, 0.1) is 0 Å². The van der Waals surface area contributed by atoms with Crippen LogP contribution in [0.2, 0.25) is 0 Å². The van der Waals surface area contributed by atoms with Crippen molar-refractivity contribution in [1.29, 1.82) is 0 Å². The van der Waals surface area contributed by atoms with Crippen molar-refractivity contribution in [3.05, 3.63) is 41.5 Å². The largest absolute Gasteiger partial charge is 0.493 e. The normalized spacial score (nSPS) is 11.2. The van der Waals surface area contributed by atoms with Gasteiger partial charge in [-0.05, 0) is 30.9 Å². The maximum Gasteiger partial charge on any atom is 0.267 e. The molecule has 0 atom stereocenters. The summed E-state index contributed by atoms with van der Waals surface area (Å²) in [4.78, 5) is 0. The van der Waals surface area contributed by atoms with Crippen LogP contribution in [0.5, 0.6) is 5.75 Å². The predicted molar refractivity (Wildman–Crippen MR) is 75.3 cm³/mol. The quantitative estimate of drug-likeness (QED) is 0.315. The van der Waals surface area contributed by atoms with E-state index in [0.29, 0.717) is 12.8 Å². The van der Waals surface area contributed by atoms with Gasteiger partial charge in [0.25, 0.3) is 12.9 Å². The highest BCUT2D eigenvalue weighted by Gasteiger charge is 2.27. The second kappa shape index (κ2) is 8.70. The van der Waals surface area contributed by atoms with Gasteiger partial charge in [-0.1, -0.05) is 25.5 Å². The third-order valence-corrected chi connectivity index (χ3v) is 3.15. The standard InChI is InChI=1S/C16H20F4O/c1-3-5-7-11-8-9-12(21-10-6-4-2)14(16(19)20)13(11)15(17)18/h3,8-9,15-16H,1,4-7,10H2,2H3. The van der Waals surface area contributed by atoms with Crippen LogP contribution in [-0.2, 0) is 6.42 Å². The number of unbranched alkanes of at least 4 members (excludes halogenated alkanes) is 1. The SMILES string of the molecule is C=CCCc1ccc(OCCCC)c(C(F)F)c1C(F)F. The van der Waals surface area contributed by atoms with E-state index in [4.69, 9.17) is 4.74 Å². The molecule has 1 aromatic carbocycles. The lowest BCUT2D eigenvalue weighted by Gasteiger charge is -2.18. The average Bonchev–Trinajstić information content (AvgIpc) is 2.44. The van der Waals surface area contributed by atoms with Gasteiger partial charge in [-0.25, -0.2) is 17.6 Å². The van der Waals surface area contributed by atoms with E-state index in [1.54, 1.807) is 6.08 Å². The lowest BCUT2D eigenvalue weighted by Crippen LogP contribution is -2.07. The number of hydrogen-bond donors (Lipinski definition) is 0. The molecule has 0 heterocycles. The van der Waals surface area contributed by atoms with E-state index in [0.717, 1.165) is 6.42 Å². The second-order valence-corrected chi connectivity index (χ2v) is 4.68. The molecule has 0 aliphatic heterocycles. The third kappa shape index (κ3) is 4.76. The molecule has 0 aliphatic rings. The van der Waals surface area contributed by atoms with Gasteiger partial charge in [0.05, 0.1) is 12.2 Å². The number of hydrogen-bond acceptors (Lipinski definition) is 1. The number of ether oxygens (including phenoxy) is 1. The minimum absolute atomic E-state index is 0.142. The first-order chi connectivity index (χ1) is 10.0. The molecule has 0 amide bonds. The van der Waals surface area contributed by atoms with Crippen LogP contribution in [0.15, 0.2) is 24.8 Å². The van der Waals surface area contributed by atoms with Crippen molar-refractivity contribution in [2.24, 2.45) is 0 Å². The molecule has 1 aromatic rings. The first-order valence-electron chi connectivity index (χ1n) is 6.98. The smallest absolute Gasteiger partial charge is 0.267 e. The summed E-state index contributed by atoms with van der Waals surface area (Å²) in [6.45, 7) is 5.69. The van der Waals surface area contributed by atoms with Crippen LogP contribution in [0.25, 0.3) is 0 Å². The summed E-state index contributed by atoms with van der Waals surface area (Å²) in [5, 5.41) is 0. The second-order valence-electron chi connectivity index (χ2n) is 4.68. The van der Waals surface area contributed by atoms with Gasteiger partial charge >= 0.3 is 0 Å². The first kappa shape index (κ1) is 17.5.